The van der Waals surface area contributed by atoms with Crippen LogP contribution in [0.25, 0.3) is 33.9 Å². The molecular weight excluding hydrogens is 384 g/mol. The molecule has 1 heterocycles. The number of nitrogens with zero attached hydrogens (tertiary/aromatic N) is 1. The zero-order valence-corrected chi connectivity index (χ0v) is 17.1. The molecule has 0 bridgehead atoms. The predicted octanol–water partition coefficient (Wildman–Crippen LogP) is 7.56. The SMILES string of the molecule is c1ccc(Sc2ccc(-c3[nH]c(-c4ccccc4)nc3-c3ccccc3)cc2)cc1. The Morgan fingerprint density at radius 2 is 1.03 bits per heavy atom. The molecule has 30 heavy (non-hydrogen) atoms. The van der Waals surface area contributed by atoms with E-state index >= 15 is 0 Å². The first-order chi connectivity index (χ1) is 14.9. The van der Waals surface area contributed by atoms with Gasteiger partial charge in [-0.05, 0) is 24.3 Å². The standard InChI is InChI=1S/C27H20N2S/c1-4-10-20(11-5-1)25-26(29-27(28-25)22-12-6-2-7-13-22)21-16-18-24(19-17-21)30-23-14-8-3-9-15-23/h1-19H,(H,28,29). The molecular formula is C27H20N2S. The first-order valence-corrected chi connectivity index (χ1v) is 10.7. The highest BCUT2D eigenvalue weighted by Crippen LogP contribution is 2.35. The van der Waals surface area contributed by atoms with Crippen molar-refractivity contribution < 1.29 is 0 Å². The molecule has 0 saturated carbocycles. The Bertz CT molecular complexity index is 1230. The minimum absolute atomic E-state index is 0.882. The summed E-state index contributed by atoms with van der Waals surface area (Å²) in [6.45, 7) is 0. The molecule has 5 rings (SSSR count). The third-order valence-electron chi connectivity index (χ3n) is 4.92. The molecule has 0 spiro atoms. The Hall–Kier alpha value is -3.56. The highest BCUT2D eigenvalue weighted by molar-refractivity contribution is 7.99. The van der Waals surface area contributed by atoms with Crippen molar-refractivity contribution >= 4 is 11.8 Å². The lowest BCUT2D eigenvalue weighted by atomic mass is 10.1. The van der Waals surface area contributed by atoms with Gasteiger partial charge in [-0.1, -0.05) is 103 Å². The molecule has 1 N–H and O–H groups in total. The van der Waals surface area contributed by atoms with E-state index in [1.807, 2.05) is 30.3 Å². The van der Waals surface area contributed by atoms with E-state index in [9.17, 15) is 0 Å². The predicted molar refractivity (Wildman–Crippen MR) is 125 cm³/mol. The zero-order valence-electron chi connectivity index (χ0n) is 16.3. The van der Waals surface area contributed by atoms with E-state index in [0.29, 0.717) is 0 Å². The van der Waals surface area contributed by atoms with Crippen molar-refractivity contribution in [3.8, 4) is 33.9 Å². The summed E-state index contributed by atoms with van der Waals surface area (Å²) in [5.41, 5.74) is 5.32. The monoisotopic (exact) mass is 404 g/mol. The summed E-state index contributed by atoms with van der Waals surface area (Å²) in [4.78, 5) is 11.0. The van der Waals surface area contributed by atoms with Crippen LogP contribution in [-0.4, -0.2) is 9.97 Å². The minimum Gasteiger partial charge on any atom is -0.337 e. The maximum atomic E-state index is 4.96. The summed E-state index contributed by atoms with van der Waals surface area (Å²) in [5, 5.41) is 0. The summed E-state index contributed by atoms with van der Waals surface area (Å²) < 4.78 is 0. The molecule has 4 aromatic carbocycles. The number of hydrogen-bond donors (Lipinski definition) is 1. The normalized spacial score (nSPS) is 10.8. The minimum atomic E-state index is 0.882. The number of rotatable bonds is 5. The van der Waals surface area contributed by atoms with Crippen LogP contribution in [-0.2, 0) is 0 Å². The summed E-state index contributed by atoms with van der Waals surface area (Å²) >= 11 is 1.77. The van der Waals surface area contributed by atoms with Crippen LogP contribution in [0.15, 0.2) is 125 Å². The van der Waals surface area contributed by atoms with Gasteiger partial charge in [0.2, 0.25) is 0 Å². The summed E-state index contributed by atoms with van der Waals surface area (Å²) in [5.74, 6) is 0.882. The van der Waals surface area contributed by atoms with Crippen LogP contribution in [0.1, 0.15) is 0 Å². The van der Waals surface area contributed by atoms with Gasteiger partial charge in [0.25, 0.3) is 0 Å². The van der Waals surface area contributed by atoms with Crippen LogP contribution < -0.4 is 0 Å². The highest BCUT2D eigenvalue weighted by Gasteiger charge is 2.15. The van der Waals surface area contributed by atoms with Gasteiger partial charge in [0.15, 0.2) is 0 Å². The Kier molecular flexibility index (Phi) is 5.19. The van der Waals surface area contributed by atoms with E-state index in [1.165, 1.54) is 9.79 Å². The number of hydrogen-bond acceptors (Lipinski definition) is 2. The third-order valence-corrected chi connectivity index (χ3v) is 5.94. The molecule has 0 aliphatic heterocycles. The molecule has 0 amide bonds. The number of nitrogens with one attached hydrogen (secondary N) is 1. The molecule has 0 fully saturated rings. The highest BCUT2D eigenvalue weighted by atomic mass is 32.2. The number of H-pyrrole nitrogens is 1. The molecule has 0 saturated heterocycles. The van der Waals surface area contributed by atoms with Gasteiger partial charge in [0.05, 0.1) is 11.4 Å². The topological polar surface area (TPSA) is 28.7 Å². The Morgan fingerprint density at radius 3 is 1.67 bits per heavy atom. The Balaban J connectivity index is 1.53. The van der Waals surface area contributed by atoms with E-state index in [4.69, 9.17) is 4.98 Å². The van der Waals surface area contributed by atoms with E-state index < -0.39 is 0 Å². The van der Waals surface area contributed by atoms with Crippen molar-refractivity contribution in [1.82, 2.24) is 9.97 Å². The number of benzene rings is 4. The van der Waals surface area contributed by atoms with E-state index in [1.54, 1.807) is 11.8 Å². The van der Waals surface area contributed by atoms with Crippen LogP contribution in [0, 0.1) is 0 Å². The van der Waals surface area contributed by atoms with E-state index in [2.05, 4.69) is 89.9 Å². The lowest BCUT2D eigenvalue weighted by molar-refractivity contribution is 1.31. The van der Waals surface area contributed by atoms with Gasteiger partial charge in [-0.3, -0.25) is 0 Å². The molecule has 0 radical (unpaired) electrons. The zero-order chi connectivity index (χ0) is 20.2. The fraction of sp³-hybridized carbons (Fsp3) is 0. The lowest BCUT2D eigenvalue weighted by Crippen LogP contribution is -1.84. The second-order valence-electron chi connectivity index (χ2n) is 6.98. The summed E-state index contributed by atoms with van der Waals surface area (Å²) in [7, 11) is 0. The first-order valence-electron chi connectivity index (χ1n) is 9.91. The van der Waals surface area contributed by atoms with Crippen LogP contribution in [0.5, 0.6) is 0 Å². The largest absolute Gasteiger partial charge is 0.337 e. The first kappa shape index (κ1) is 18.5. The van der Waals surface area contributed by atoms with Gasteiger partial charge in [-0.2, -0.15) is 0 Å². The van der Waals surface area contributed by atoms with Gasteiger partial charge in [0, 0.05) is 26.5 Å². The molecule has 1 aromatic heterocycles. The van der Waals surface area contributed by atoms with Crippen molar-refractivity contribution in [3.63, 3.8) is 0 Å². The number of aromatic amines is 1. The van der Waals surface area contributed by atoms with Crippen LogP contribution in [0.3, 0.4) is 0 Å². The average molecular weight is 405 g/mol. The molecule has 0 unspecified atom stereocenters. The number of aromatic nitrogens is 2. The molecule has 0 aliphatic carbocycles. The third kappa shape index (κ3) is 3.93. The lowest BCUT2D eigenvalue weighted by Gasteiger charge is -2.05. The maximum Gasteiger partial charge on any atom is 0.138 e. The maximum absolute atomic E-state index is 4.96. The smallest absolute Gasteiger partial charge is 0.138 e. The van der Waals surface area contributed by atoms with Gasteiger partial charge in [-0.25, -0.2) is 4.98 Å². The van der Waals surface area contributed by atoms with Crippen LogP contribution >= 0.6 is 11.8 Å². The quantitative estimate of drug-likeness (QED) is 0.327. The fourth-order valence-corrected chi connectivity index (χ4v) is 4.27. The average Bonchev–Trinajstić information content (AvgIpc) is 3.27. The molecule has 144 valence electrons. The second-order valence-corrected chi connectivity index (χ2v) is 8.13. The Morgan fingerprint density at radius 1 is 0.500 bits per heavy atom. The molecule has 3 heteroatoms. The summed E-state index contributed by atoms with van der Waals surface area (Å²) in [6, 6.07) is 39.7. The van der Waals surface area contributed by atoms with E-state index in [-0.39, 0.29) is 0 Å². The van der Waals surface area contributed by atoms with Crippen LogP contribution in [0.4, 0.5) is 0 Å². The van der Waals surface area contributed by atoms with Crippen molar-refractivity contribution in [2.24, 2.45) is 0 Å². The molecule has 0 aliphatic rings. The van der Waals surface area contributed by atoms with Crippen molar-refractivity contribution in [3.05, 3.63) is 115 Å². The summed E-state index contributed by atoms with van der Waals surface area (Å²) in [6.07, 6.45) is 0. The second kappa shape index (κ2) is 8.44. The molecule has 0 atom stereocenters. The van der Waals surface area contributed by atoms with E-state index in [0.717, 1.165) is 33.9 Å². The molecule has 5 aromatic rings. The molecule has 2 nitrogen and oxygen atoms in total. The van der Waals surface area contributed by atoms with Crippen molar-refractivity contribution in [2.75, 3.05) is 0 Å². The van der Waals surface area contributed by atoms with Crippen LogP contribution in [0.2, 0.25) is 0 Å². The van der Waals surface area contributed by atoms with Gasteiger partial charge >= 0.3 is 0 Å². The fourth-order valence-electron chi connectivity index (χ4n) is 3.43. The van der Waals surface area contributed by atoms with Crippen molar-refractivity contribution in [2.45, 2.75) is 9.79 Å². The Labute approximate surface area is 180 Å². The number of imidazole rings is 1. The van der Waals surface area contributed by atoms with Gasteiger partial charge in [-0.15, -0.1) is 0 Å². The van der Waals surface area contributed by atoms with Gasteiger partial charge < -0.3 is 4.98 Å². The van der Waals surface area contributed by atoms with Gasteiger partial charge in [0.1, 0.15) is 5.82 Å². The van der Waals surface area contributed by atoms with Crippen molar-refractivity contribution in [1.29, 1.82) is 0 Å².